The van der Waals surface area contributed by atoms with Crippen molar-refractivity contribution in [1.82, 2.24) is 14.5 Å². The average molecular weight is 525 g/mol. The van der Waals surface area contributed by atoms with Gasteiger partial charge in [0, 0.05) is 37.3 Å². The molecule has 196 valence electrons. The summed E-state index contributed by atoms with van der Waals surface area (Å²) in [4.78, 5) is 31.5. The summed E-state index contributed by atoms with van der Waals surface area (Å²) in [6, 6.07) is 13.6. The van der Waals surface area contributed by atoms with Crippen molar-refractivity contribution >= 4 is 46.8 Å². The fourth-order valence-electron chi connectivity index (χ4n) is 5.37. The topological polar surface area (TPSA) is 137 Å². The molecule has 1 saturated heterocycles. The van der Waals surface area contributed by atoms with Crippen molar-refractivity contribution < 1.29 is 14.7 Å². The Kier molecular flexibility index (Phi) is 7.45. The van der Waals surface area contributed by atoms with Gasteiger partial charge in [-0.05, 0) is 74.1 Å². The van der Waals surface area contributed by atoms with Crippen LogP contribution in [0.15, 0.2) is 42.5 Å². The van der Waals surface area contributed by atoms with Gasteiger partial charge in [0.15, 0.2) is 0 Å². The number of hydrogen-bond acceptors (Lipinski definition) is 5. The SMILES string of the molecule is Cl.Cn1c(CNc2ccc(C(=N)N)cc2)nc2cc(C3(C(=O)N4CCCC4CCC(=O)O)CC3)ccc21. The summed E-state index contributed by atoms with van der Waals surface area (Å²) in [6.45, 7) is 1.24. The van der Waals surface area contributed by atoms with Crippen LogP contribution in [-0.4, -0.2) is 49.9 Å². The second-order valence-corrected chi connectivity index (χ2v) is 9.94. The zero-order valence-electron chi connectivity index (χ0n) is 20.9. The number of hydrogen-bond donors (Lipinski definition) is 4. The summed E-state index contributed by atoms with van der Waals surface area (Å²) in [5.74, 6) is 0.248. The Balaban J connectivity index is 0.00000320. The number of carbonyl (C=O) groups excluding carboxylic acids is 1. The molecule has 5 rings (SSSR count). The van der Waals surface area contributed by atoms with Crippen LogP contribution in [0.1, 0.15) is 55.5 Å². The van der Waals surface area contributed by atoms with Crippen LogP contribution >= 0.6 is 12.4 Å². The van der Waals surface area contributed by atoms with E-state index in [4.69, 9.17) is 21.2 Å². The summed E-state index contributed by atoms with van der Waals surface area (Å²) in [6.07, 6.45) is 4.05. The monoisotopic (exact) mass is 524 g/mol. The van der Waals surface area contributed by atoms with Gasteiger partial charge in [0.25, 0.3) is 0 Å². The standard InChI is InChI=1S/C27H32N6O3.ClH/c1-32-22-10-6-18(27(12-13-27)26(36)33-14-2-3-20(33)9-11-24(34)35)15-21(22)31-23(32)16-30-19-7-4-17(5-8-19)25(28)29;/h4-8,10,15,20,30H,2-3,9,11-14,16H2,1H3,(H3,28,29)(H,34,35);1H. The van der Waals surface area contributed by atoms with Crippen LogP contribution in [0.2, 0.25) is 0 Å². The Labute approximate surface area is 222 Å². The van der Waals surface area contributed by atoms with E-state index in [1.54, 1.807) is 0 Å². The lowest BCUT2D eigenvalue weighted by Crippen LogP contribution is -2.42. The van der Waals surface area contributed by atoms with Gasteiger partial charge in [-0.1, -0.05) is 6.07 Å². The van der Waals surface area contributed by atoms with Crippen molar-refractivity contribution in [3.8, 4) is 0 Å². The molecule has 2 aliphatic rings. The van der Waals surface area contributed by atoms with Gasteiger partial charge in [0.05, 0.1) is 23.0 Å². The highest BCUT2D eigenvalue weighted by Gasteiger charge is 2.54. The molecular formula is C27H33ClN6O3. The van der Waals surface area contributed by atoms with E-state index in [1.165, 1.54) is 0 Å². The van der Waals surface area contributed by atoms with E-state index >= 15 is 0 Å². The quantitative estimate of drug-likeness (QED) is 0.248. The number of aromatic nitrogens is 2. The van der Waals surface area contributed by atoms with E-state index in [-0.39, 0.29) is 36.6 Å². The Morgan fingerprint density at radius 2 is 1.95 bits per heavy atom. The number of carboxylic acids is 1. The Bertz CT molecular complexity index is 1330. The number of aliphatic carboxylic acids is 1. The molecule has 1 aromatic heterocycles. The van der Waals surface area contributed by atoms with E-state index in [0.717, 1.165) is 53.8 Å². The van der Waals surface area contributed by atoms with Gasteiger partial charge in [-0.2, -0.15) is 0 Å². The van der Waals surface area contributed by atoms with Crippen LogP contribution in [-0.2, 0) is 28.6 Å². The lowest BCUT2D eigenvalue weighted by Gasteiger charge is -2.29. The zero-order chi connectivity index (χ0) is 25.4. The minimum atomic E-state index is -0.811. The third-order valence-corrected chi connectivity index (χ3v) is 7.66. The molecule has 1 atom stereocenters. The van der Waals surface area contributed by atoms with Crippen LogP contribution in [0, 0.1) is 5.41 Å². The molecule has 2 heterocycles. The number of imidazole rings is 1. The first-order valence-electron chi connectivity index (χ1n) is 12.5. The van der Waals surface area contributed by atoms with E-state index in [0.29, 0.717) is 25.1 Å². The summed E-state index contributed by atoms with van der Waals surface area (Å²) >= 11 is 0. The number of aryl methyl sites for hydroxylation is 1. The number of nitrogens with zero attached hydrogens (tertiary/aromatic N) is 3. The highest BCUT2D eigenvalue weighted by molar-refractivity contribution is 5.95. The number of likely N-dealkylation sites (tertiary alicyclic amines) is 1. The number of nitrogens with two attached hydrogens (primary N) is 1. The number of amidine groups is 1. The molecule has 2 aromatic carbocycles. The van der Waals surface area contributed by atoms with Gasteiger partial charge in [0.2, 0.25) is 5.91 Å². The van der Waals surface area contributed by atoms with Crippen LogP contribution in [0.4, 0.5) is 5.69 Å². The summed E-state index contributed by atoms with van der Waals surface area (Å²) in [5.41, 5.74) is 9.49. The number of halogens is 1. The molecule has 37 heavy (non-hydrogen) atoms. The number of nitrogens with one attached hydrogen (secondary N) is 2. The molecule has 9 nitrogen and oxygen atoms in total. The van der Waals surface area contributed by atoms with Gasteiger partial charge < -0.3 is 25.6 Å². The maximum atomic E-state index is 13.6. The van der Waals surface area contributed by atoms with Crippen molar-refractivity contribution in [3.63, 3.8) is 0 Å². The number of fused-ring (bicyclic) bond motifs is 1. The molecule has 0 spiro atoms. The maximum Gasteiger partial charge on any atom is 0.303 e. The zero-order valence-corrected chi connectivity index (χ0v) is 21.7. The molecule has 2 fully saturated rings. The first-order chi connectivity index (χ1) is 17.3. The highest BCUT2D eigenvalue weighted by Crippen LogP contribution is 2.51. The molecule has 1 aliphatic carbocycles. The number of anilines is 1. The van der Waals surface area contributed by atoms with Crippen molar-refractivity contribution in [2.45, 2.75) is 56.5 Å². The van der Waals surface area contributed by atoms with Crippen molar-refractivity contribution in [2.75, 3.05) is 11.9 Å². The van der Waals surface area contributed by atoms with E-state index in [9.17, 15) is 9.59 Å². The number of rotatable bonds is 9. The molecule has 1 unspecified atom stereocenters. The lowest BCUT2D eigenvalue weighted by atomic mass is 9.93. The molecule has 1 saturated carbocycles. The second kappa shape index (κ2) is 10.4. The molecule has 1 aliphatic heterocycles. The molecule has 0 radical (unpaired) electrons. The third-order valence-electron chi connectivity index (χ3n) is 7.66. The number of carboxylic acid groups (broad SMARTS) is 1. The van der Waals surface area contributed by atoms with E-state index in [1.807, 2.05) is 48.3 Å². The third kappa shape index (κ3) is 5.13. The Hall–Kier alpha value is -3.59. The van der Waals surface area contributed by atoms with E-state index in [2.05, 4.69) is 16.0 Å². The smallest absolute Gasteiger partial charge is 0.303 e. The first-order valence-corrected chi connectivity index (χ1v) is 12.5. The fourth-order valence-corrected chi connectivity index (χ4v) is 5.37. The summed E-state index contributed by atoms with van der Waals surface area (Å²) in [7, 11) is 1.99. The molecule has 5 N–H and O–H groups in total. The van der Waals surface area contributed by atoms with E-state index < -0.39 is 11.4 Å². The Morgan fingerprint density at radius 1 is 1.22 bits per heavy atom. The number of benzene rings is 2. The fraction of sp³-hybridized carbons (Fsp3) is 0.407. The largest absolute Gasteiger partial charge is 0.481 e. The van der Waals surface area contributed by atoms with Crippen LogP contribution < -0.4 is 11.1 Å². The van der Waals surface area contributed by atoms with Crippen LogP contribution in [0.25, 0.3) is 11.0 Å². The first kappa shape index (κ1) is 26.5. The predicted octanol–water partition coefficient (Wildman–Crippen LogP) is 3.78. The van der Waals surface area contributed by atoms with Gasteiger partial charge in [-0.3, -0.25) is 15.0 Å². The van der Waals surface area contributed by atoms with Gasteiger partial charge in [-0.15, -0.1) is 12.4 Å². The predicted molar refractivity (Wildman–Crippen MR) is 145 cm³/mol. The minimum absolute atomic E-state index is 0. The van der Waals surface area contributed by atoms with Crippen LogP contribution in [0.5, 0.6) is 0 Å². The summed E-state index contributed by atoms with van der Waals surface area (Å²) in [5, 5.41) is 20.0. The highest BCUT2D eigenvalue weighted by atomic mass is 35.5. The second-order valence-electron chi connectivity index (χ2n) is 9.94. The lowest BCUT2D eigenvalue weighted by molar-refractivity contribution is -0.139. The molecular weight excluding hydrogens is 492 g/mol. The van der Waals surface area contributed by atoms with Crippen LogP contribution in [0.3, 0.4) is 0 Å². The maximum absolute atomic E-state index is 13.6. The van der Waals surface area contributed by atoms with Crippen molar-refractivity contribution in [3.05, 3.63) is 59.4 Å². The van der Waals surface area contributed by atoms with Gasteiger partial charge in [-0.25, -0.2) is 4.98 Å². The number of nitrogen functional groups attached to an aromatic ring is 1. The number of carbonyl (C=O) groups is 2. The van der Waals surface area contributed by atoms with Gasteiger partial charge in [0.1, 0.15) is 11.7 Å². The minimum Gasteiger partial charge on any atom is -0.481 e. The Morgan fingerprint density at radius 3 is 2.59 bits per heavy atom. The van der Waals surface area contributed by atoms with Crippen molar-refractivity contribution in [1.29, 1.82) is 5.41 Å². The molecule has 1 amide bonds. The van der Waals surface area contributed by atoms with Gasteiger partial charge >= 0.3 is 5.97 Å². The number of amides is 1. The van der Waals surface area contributed by atoms with Crippen molar-refractivity contribution in [2.24, 2.45) is 12.8 Å². The summed E-state index contributed by atoms with van der Waals surface area (Å²) < 4.78 is 2.06. The molecule has 3 aromatic rings. The average Bonchev–Trinajstić information content (AvgIpc) is 3.44. The normalized spacial score (nSPS) is 17.9. The molecule has 0 bridgehead atoms. The molecule has 10 heteroatoms.